The van der Waals surface area contributed by atoms with Crippen LogP contribution >= 0.6 is 0 Å². The Morgan fingerprint density at radius 1 is 1.36 bits per heavy atom. The van der Waals surface area contributed by atoms with Crippen LogP contribution in [0.25, 0.3) is 0 Å². The van der Waals surface area contributed by atoms with Gasteiger partial charge < -0.3 is 10.1 Å². The van der Waals surface area contributed by atoms with Crippen molar-refractivity contribution in [2.24, 2.45) is 0 Å². The second-order valence-electron chi connectivity index (χ2n) is 3.84. The average molecular weight is 191 g/mol. The SMILES string of the molecule is C[C@H]1OCC[C@H]1NCc1ccccc1. The van der Waals surface area contributed by atoms with Crippen LogP contribution in [-0.4, -0.2) is 18.8 Å². The van der Waals surface area contributed by atoms with Gasteiger partial charge in [0.25, 0.3) is 0 Å². The first kappa shape index (κ1) is 9.69. The van der Waals surface area contributed by atoms with Crippen molar-refractivity contribution in [3.8, 4) is 0 Å². The molecule has 1 aliphatic rings. The van der Waals surface area contributed by atoms with Gasteiger partial charge in [-0.1, -0.05) is 30.3 Å². The Kier molecular flexibility index (Phi) is 3.17. The molecule has 1 aromatic rings. The predicted octanol–water partition coefficient (Wildman–Crippen LogP) is 1.95. The van der Waals surface area contributed by atoms with E-state index in [2.05, 4.69) is 36.5 Å². The smallest absolute Gasteiger partial charge is 0.0700 e. The largest absolute Gasteiger partial charge is 0.377 e. The Labute approximate surface area is 85.3 Å². The fraction of sp³-hybridized carbons (Fsp3) is 0.500. The summed E-state index contributed by atoms with van der Waals surface area (Å²) in [5.41, 5.74) is 1.34. The van der Waals surface area contributed by atoms with E-state index >= 15 is 0 Å². The van der Waals surface area contributed by atoms with Crippen LogP contribution in [0.5, 0.6) is 0 Å². The van der Waals surface area contributed by atoms with Crippen LogP contribution in [0.1, 0.15) is 18.9 Å². The highest BCUT2D eigenvalue weighted by Gasteiger charge is 2.22. The zero-order chi connectivity index (χ0) is 9.80. The van der Waals surface area contributed by atoms with Crippen molar-refractivity contribution in [3.05, 3.63) is 35.9 Å². The molecule has 1 aliphatic heterocycles. The van der Waals surface area contributed by atoms with Gasteiger partial charge in [0.1, 0.15) is 0 Å². The van der Waals surface area contributed by atoms with Gasteiger partial charge in [-0.25, -0.2) is 0 Å². The van der Waals surface area contributed by atoms with Crippen LogP contribution in [0.4, 0.5) is 0 Å². The summed E-state index contributed by atoms with van der Waals surface area (Å²) < 4.78 is 5.49. The van der Waals surface area contributed by atoms with Crippen LogP contribution in [-0.2, 0) is 11.3 Å². The van der Waals surface area contributed by atoms with E-state index < -0.39 is 0 Å². The summed E-state index contributed by atoms with van der Waals surface area (Å²) in [5, 5.41) is 3.52. The maximum Gasteiger partial charge on any atom is 0.0700 e. The van der Waals surface area contributed by atoms with E-state index in [-0.39, 0.29) is 0 Å². The standard InChI is InChI=1S/C12H17NO/c1-10-12(7-8-14-10)13-9-11-5-3-2-4-6-11/h2-6,10,12-13H,7-9H2,1H3/t10-,12-/m1/s1. The van der Waals surface area contributed by atoms with Gasteiger partial charge in [0.15, 0.2) is 0 Å². The van der Waals surface area contributed by atoms with Crippen molar-refractivity contribution >= 4 is 0 Å². The van der Waals surface area contributed by atoms with Crippen molar-refractivity contribution in [2.45, 2.75) is 32.0 Å². The van der Waals surface area contributed by atoms with Gasteiger partial charge in [0, 0.05) is 19.2 Å². The van der Waals surface area contributed by atoms with E-state index in [9.17, 15) is 0 Å². The van der Waals surface area contributed by atoms with Gasteiger partial charge >= 0.3 is 0 Å². The van der Waals surface area contributed by atoms with Gasteiger partial charge in [-0.05, 0) is 18.9 Å². The number of rotatable bonds is 3. The van der Waals surface area contributed by atoms with E-state index in [1.54, 1.807) is 0 Å². The van der Waals surface area contributed by atoms with Crippen molar-refractivity contribution in [1.29, 1.82) is 0 Å². The summed E-state index contributed by atoms with van der Waals surface area (Å²) in [6, 6.07) is 11.0. The third kappa shape index (κ3) is 2.34. The normalized spacial score (nSPS) is 26.6. The first-order chi connectivity index (χ1) is 6.86. The first-order valence-corrected chi connectivity index (χ1v) is 5.25. The van der Waals surface area contributed by atoms with Crippen molar-refractivity contribution in [3.63, 3.8) is 0 Å². The summed E-state index contributed by atoms with van der Waals surface area (Å²) in [7, 11) is 0. The van der Waals surface area contributed by atoms with Gasteiger partial charge in [-0.15, -0.1) is 0 Å². The van der Waals surface area contributed by atoms with E-state index in [4.69, 9.17) is 4.74 Å². The minimum absolute atomic E-state index is 0.360. The summed E-state index contributed by atoms with van der Waals surface area (Å²) in [5.74, 6) is 0. The van der Waals surface area contributed by atoms with Crippen molar-refractivity contribution in [1.82, 2.24) is 5.32 Å². The predicted molar refractivity (Wildman–Crippen MR) is 57.1 cm³/mol. The Morgan fingerprint density at radius 3 is 2.79 bits per heavy atom. The number of nitrogens with one attached hydrogen (secondary N) is 1. The number of benzene rings is 1. The monoisotopic (exact) mass is 191 g/mol. The summed E-state index contributed by atoms with van der Waals surface area (Å²) >= 11 is 0. The zero-order valence-electron chi connectivity index (χ0n) is 8.57. The maximum atomic E-state index is 5.49. The second-order valence-corrected chi connectivity index (χ2v) is 3.84. The molecule has 1 aromatic carbocycles. The highest BCUT2D eigenvalue weighted by Crippen LogP contribution is 2.13. The van der Waals surface area contributed by atoms with Crippen LogP contribution in [0.15, 0.2) is 30.3 Å². The van der Waals surface area contributed by atoms with E-state index in [0.717, 1.165) is 19.6 Å². The number of hydrogen-bond acceptors (Lipinski definition) is 2. The van der Waals surface area contributed by atoms with Gasteiger partial charge in [0.2, 0.25) is 0 Å². The first-order valence-electron chi connectivity index (χ1n) is 5.25. The molecule has 1 fully saturated rings. The summed E-state index contributed by atoms with van der Waals surface area (Å²) in [4.78, 5) is 0. The van der Waals surface area contributed by atoms with Crippen molar-refractivity contribution < 1.29 is 4.74 Å². The van der Waals surface area contributed by atoms with Gasteiger partial charge in [-0.3, -0.25) is 0 Å². The molecule has 1 saturated heterocycles. The maximum absolute atomic E-state index is 5.49. The molecule has 1 heterocycles. The van der Waals surface area contributed by atoms with Crippen LogP contribution < -0.4 is 5.32 Å². The van der Waals surface area contributed by atoms with Gasteiger partial charge in [-0.2, -0.15) is 0 Å². The third-order valence-electron chi connectivity index (χ3n) is 2.79. The molecule has 0 unspecified atom stereocenters. The molecule has 2 nitrogen and oxygen atoms in total. The molecule has 2 atom stereocenters. The molecule has 0 amide bonds. The summed E-state index contributed by atoms with van der Waals surface area (Å²) in [6.45, 7) is 3.97. The molecule has 2 rings (SSSR count). The summed E-state index contributed by atoms with van der Waals surface area (Å²) in [6.07, 6.45) is 1.49. The molecule has 76 valence electrons. The zero-order valence-corrected chi connectivity index (χ0v) is 8.57. The highest BCUT2D eigenvalue weighted by atomic mass is 16.5. The van der Waals surface area contributed by atoms with Crippen LogP contribution in [0.3, 0.4) is 0 Å². The fourth-order valence-electron chi connectivity index (χ4n) is 1.84. The lowest BCUT2D eigenvalue weighted by Crippen LogP contribution is -2.34. The Bertz CT molecular complexity index is 273. The molecule has 0 radical (unpaired) electrons. The number of ether oxygens (including phenoxy) is 1. The third-order valence-corrected chi connectivity index (χ3v) is 2.79. The minimum atomic E-state index is 0.360. The second kappa shape index (κ2) is 4.58. The Morgan fingerprint density at radius 2 is 2.14 bits per heavy atom. The van der Waals surface area contributed by atoms with E-state index in [0.29, 0.717) is 12.1 Å². The molecular formula is C12H17NO. The molecule has 0 bridgehead atoms. The Balaban J connectivity index is 1.82. The lowest BCUT2D eigenvalue weighted by molar-refractivity contribution is 0.113. The van der Waals surface area contributed by atoms with Gasteiger partial charge in [0.05, 0.1) is 6.10 Å². The average Bonchev–Trinajstić information content (AvgIpc) is 2.63. The fourth-order valence-corrected chi connectivity index (χ4v) is 1.84. The van der Waals surface area contributed by atoms with E-state index in [1.807, 2.05) is 6.07 Å². The van der Waals surface area contributed by atoms with Crippen LogP contribution in [0.2, 0.25) is 0 Å². The van der Waals surface area contributed by atoms with E-state index in [1.165, 1.54) is 5.56 Å². The molecule has 0 spiro atoms. The highest BCUT2D eigenvalue weighted by molar-refractivity contribution is 5.14. The number of hydrogen-bond donors (Lipinski definition) is 1. The molecule has 2 heteroatoms. The lowest BCUT2D eigenvalue weighted by Gasteiger charge is -2.15. The molecule has 0 saturated carbocycles. The molecule has 0 aliphatic carbocycles. The van der Waals surface area contributed by atoms with Crippen LogP contribution in [0, 0.1) is 0 Å². The lowest BCUT2D eigenvalue weighted by atomic mass is 10.1. The molecule has 14 heavy (non-hydrogen) atoms. The molecule has 0 aromatic heterocycles. The van der Waals surface area contributed by atoms with Crippen molar-refractivity contribution in [2.75, 3.05) is 6.61 Å². The quantitative estimate of drug-likeness (QED) is 0.788. The topological polar surface area (TPSA) is 21.3 Å². The molecular weight excluding hydrogens is 174 g/mol. The minimum Gasteiger partial charge on any atom is -0.377 e. The Hall–Kier alpha value is -0.860. The molecule has 1 N–H and O–H groups in total.